The van der Waals surface area contributed by atoms with Gasteiger partial charge in [-0.3, -0.25) is 29.0 Å². The quantitative estimate of drug-likeness (QED) is 0.0167. The van der Waals surface area contributed by atoms with Gasteiger partial charge in [0, 0.05) is 153 Å². The van der Waals surface area contributed by atoms with Crippen LogP contribution in [0, 0.1) is 0 Å². The number of nitrogens with zero attached hydrogens (tertiary/aromatic N) is 10. The van der Waals surface area contributed by atoms with Gasteiger partial charge in [0.25, 0.3) is 11.8 Å². The molecular weight excluding hydrogens is 1560 g/mol. The third-order valence-corrected chi connectivity index (χ3v) is 24.3. The van der Waals surface area contributed by atoms with Crippen LogP contribution < -0.4 is 22.1 Å². The van der Waals surface area contributed by atoms with Crippen molar-refractivity contribution in [2.75, 3.05) is 166 Å². The van der Waals surface area contributed by atoms with E-state index in [2.05, 4.69) is 37.2 Å². The van der Waals surface area contributed by atoms with Crippen LogP contribution in [0.1, 0.15) is 137 Å². The van der Waals surface area contributed by atoms with Gasteiger partial charge >= 0.3 is 48.5 Å². The van der Waals surface area contributed by atoms with Crippen molar-refractivity contribution in [2.24, 2.45) is 0 Å². The Balaban J connectivity index is 0.000000228. The van der Waals surface area contributed by atoms with Crippen LogP contribution in [-0.4, -0.2) is 277 Å². The number of urea groups is 2. The first-order valence-electron chi connectivity index (χ1n) is 40.9. The molecule has 6 saturated heterocycles. The summed E-state index contributed by atoms with van der Waals surface area (Å²) in [6, 6.07) is 19.7. The number of halogens is 8. The van der Waals surface area contributed by atoms with E-state index < -0.39 is 71.1 Å². The number of nitrogen functional groups attached to an aromatic ring is 2. The molecule has 8 aliphatic heterocycles. The van der Waals surface area contributed by atoms with Gasteiger partial charge in [-0.2, -0.15) is 26.3 Å². The average Bonchev–Trinajstić information content (AvgIpc) is 0.981. The molecule has 0 unspecified atom stereocenters. The maximum atomic E-state index is 14.2. The molecular formula is C82H110Cl2F6N14O12. The standard InChI is InChI=1S/C42H57ClF3N7O6.C40H53ClF3N7O6/c1-2-3-25-58-37(54)9-6-15-49-16-11-31(12-17-49)50-21-23-51(24-22-50)39(55)36(28-29-26-33(42(44,45)46)38(47)34(43)27-29)59-41(57)52-18-13-32(14-19-52)53-20-10-30-7-4-5-8-35(30)48-40(53)56;1-2-56-35(52)8-5-14-47-15-10-29(11-16-47)48-20-22-49(23-21-48)37(53)34(26-27-24-31(40(42,43)44)36(45)32(41)25-27)57-39(55)50-17-12-30(13-18-50)51-19-9-28-6-3-4-7-33(28)46-38(51)54/h4-5,7-8,26-27,31-32,36H,2-3,6,9-25,28,47H2,1H3,(H,48,56);3-4,6-7,24-25,29-30,34H,2,5,8-23,26,45H2,1H3,(H,46,54)/t36-;34-/m11/s1. The number of piperazine rings is 2. The van der Waals surface area contributed by atoms with Crippen molar-refractivity contribution in [2.45, 2.75) is 178 Å². The van der Waals surface area contributed by atoms with Crippen LogP contribution in [0.3, 0.4) is 0 Å². The minimum Gasteiger partial charge on any atom is -0.466 e. The summed E-state index contributed by atoms with van der Waals surface area (Å²) in [5.74, 6) is -1.30. The lowest BCUT2D eigenvalue weighted by molar-refractivity contribution is -0.144. The van der Waals surface area contributed by atoms with Crippen LogP contribution in [0.15, 0.2) is 72.8 Å². The number of carbonyl (C=O) groups excluding carboxylic acids is 8. The van der Waals surface area contributed by atoms with Gasteiger partial charge in [0.2, 0.25) is 0 Å². The average molecular weight is 1670 g/mol. The number of para-hydroxylation sites is 2. The molecule has 0 spiro atoms. The second-order valence-electron chi connectivity index (χ2n) is 31.2. The number of ether oxygens (including phenoxy) is 4. The summed E-state index contributed by atoms with van der Waals surface area (Å²) in [7, 11) is 0. The molecule has 8 heterocycles. The summed E-state index contributed by atoms with van der Waals surface area (Å²) in [5.41, 5.74) is 11.7. The number of esters is 2. The Bertz CT molecular complexity index is 4030. The smallest absolute Gasteiger partial charge is 0.418 e. The number of unbranched alkanes of at least 4 members (excludes halogenated alkanes) is 1. The Morgan fingerprint density at radius 1 is 0.474 bits per heavy atom. The fraction of sp³-hybridized carbons (Fsp3) is 0.610. The molecule has 34 heteroatoms. The number of alkyl halides is 6. The minimum atomic E-state index is -4.79. The van der Waals surface area contributed by atoms with Crippen molar-refractivity contribution in [1.82, 2.24) is 49.0 Å². The molecule has 0 saturated carbocycles. The van der Waals surface area contributed by atoms with Gasteiger partial charge in [-0.25, -0.2) is 19.2 Å². The van der Waals surface area contributed by atoms with E-state index in [4.69, 9.17) is 53.6 Å². The Hall–Kier alpha value is -8.56. The molecule has 6 N–H and O–H groups in total. The van der Waals surface area contributed by atoms with Crippen LogP contribution in [0.4, 0.5) is 68.3 Å². The molecule has 8 amide bonds. The zero-order valence-corrected chi connectivity index (χ0v) is 67.7. The number of carbonyl (C=O) groups is 8. The largest absolute Gasteiger partial charge is 0.466 e. The summed E-state index contributed by atoms with van der Waals surface area (Å²) in [6.07, 6.45) is -3.14. The van der Waals surface area contributed by atoms with Gasteiger partial charge in [0.05, 0.1) is 45.8 Å². The number of anilines is 4. The predicted molar refractivity (Wildman–Crippen MR) is 427 cm³/mol. The van der Waals surface area contributed by atoms with E-state index in [1.54, 1.807) is 26.5 Å². The van der Waals surface area contributed by atoms with Gasteiger partial charge in [-0.05, 0) is 188 Å². The van der Waals surface area contributed by atoms with Crippen LogP contribution in [0.25, 0.3) is 0 Å². The fourth-order valence-electron chi connectivity index (χ4n) is 17.0. The van der Waals surface area contributed by atoms with Crippen LogP contribution in [0.2, 0.25) is 10.0 Å². The Labute approximate surface area is 683 Å². The number of likely N-dealkylation sites (tertiary alicyclic amines) is 4. The highest BCUT2D eigenvalue weighted by atomic mass is 35.5. The van der Waals surface area contributed by atoms with E-state index in [1.807, 2.05) is 48.5 Å². The van der Waals surface area contributed by atoms with Gasteiger partial charge in [0.1, 0.15) is 0 Å². The highest BCUT2D eigenvalue weighted by Crippen LogP contribution is 2.41. The number of piperidine rings is 4. The lowest BCUT2D eigenvalue weighted by Gasteiger charge is -2.43. The lowest BCUT2D eigenvalue weighted by atomic mass is 10.0. The number of rotatable bonds is 24. The zero-order valence-electron chi connectivity index (χ0n) is 66.2. The summed E-state index contributed by atoms with van der Waals surface area (Å²) in [5, 5.41) is 5.36. The molecule has 12 rings (SSSR count). The third kappa shape index (κ3) is 23.9. The maximum Gasteiger partial charge on any atom is 0.418 e. The monoisotopic (exact) mass is 1670 g/mol. The van der Waals surface area contributed by atoms with Crippen molar-refractivity contribution < 1.29 is 83.6 Å². The Morgan fingerprint density at radius 3 is 1.22 bits per heavy atom. The molecule has 26 nitrogen and oxygen atoms in total. The molecule has 6 fully saturated rings. The molecule has 0 bridgehead atoms. The number of hydrogen-bond donors (Lipinski definition) is 4. The zero-order chi connectivity index (χ0) is 82.8. The van der Waals surface area contributed by atoms with E-state index in [1.165, 1.54) is 21.9 Å². The lowest BCUT2D eigenvalue weighted by Crippen LogP contribution is -2.56. The second kappa shape index (κ2) is 41.2. The molecule has 0 aliphatic carbocycles. The molecule has 4 aromatic carbocycles. The summed E-state index contributed by atoms with van der Waals surface area (Å²) in [4.78, 5) is 125. The minimum absolute atomic E-state index is 0.0622. The van der Waals surface area contributed by atoms with Crippen molar-refractivity contribution in [3.05, 3.63) is 116 Å². The predicted octanol–water partition coefficient (Wildman–Crippen LogP) is 11.8. The van der Waals surface area contributed by atoms with Crippen molar-refractivity contribution in [3.8, 4) is 0 Å². The van der Waals surface area contributed by atoms with E-state index in [0.717, 1.165) is 125 Å². The molecule has 0 radical (unpaired) electrons. The molecule has 2 atom stereocenters. The highest BCUT2D eigenvalue weighted by molar-refractivity contribution is 6.33. The number of amides is 8. The van der Waals surface area contributed by atoms with Crippen LogP contribution in [-0.2, 0) is 76.2 Å². The molecule has 0 aromatic heterocycles. The Kier molecular flexibility index (Phi) is 31.4. The maximum absolute atomic E-state index is 14.2. The first-order chi connectivity index (χ1) is 55.6. The van der Waals surface area contributed by atoms with Gasteiger partial charge < -0.3 is 80.2 Å². The van der Waals surface area contributed by atoms with E-state index in [9.17, 15) is 64.7 Å². The fourth-order valence-corrected chi connectivity index (χ4v) is 17.5. The third-order valence-electron chi connectivity index (χ3n) is 23.7. The number of fused-ring (bicyclic) bond motifs is 2. The number of benzene rings is 4. The number of hydrogen-bond acceptors (Lipinski definition) is 18. The highest BCUT2D eigenvalue weighted by Gasteiger charge is 2.42. The van der Waals surface area contributed by atoms with E-state index >= 15 is 0 Å². The summed E-state index contributed by atoms with van der Waals surface area (Å²) >= 11 is 12.3. The SMILES string of the molecule is CCCCOC(=O)CCCN1CCC(N2CCN(C(=O)[C@@H](Cc3cc(Cl)c(N)c(C(F)(F)F)c3)OC(=O)N3CCC(N4CCc5ccccc5NC4=O)CC3)CC2)CC1.CCOC(=O)CCCN1CCC(N2CCN(C(=O)[C@@H](Cc3cc(Cl)c(N)c(C(F)(F)F)c3)OC(=O)N3CCC(N4CCc5ccccc5NC4=O)CC3)CC2)CC1. The number of nitrogens with one attached hydrogen (secondary N) is 2. The van der Waals surface area contributed by atoms with Crippen molar-refractivity contribution in [1.29, 1.82) is 0 Å². The normalized spacial score (nSPS) is 19.6. The van der Waals surface area contributed by atoms with E-state index in [0.29, 0.717) is 142 Å². The first-order valence-corrected chi connectivity index (χ1v) is 41.7. The summed E-state index contributed by atoms with van der Waals surface area (Å²) in [6.45, 7) is 16.1. The molecule has 8 aliphatic rings. The second-order valence-corrected chi connectivity index (χ2v) is 32.0. The van der Waals surface area contributed by atoms with Gasteiger partial charge in [0.15, 0.2) is 12.2 Å². The molecule has 116 heavy (non-hydrogen) atoms. The van der Waals surface area contributed by atoms with Gasteiger partial charge in [-0.15, -0.1) is 0 Å². The Morgan fingerprint density at radius 2 is 0.845 bits per heavy atom. The topological polar surface area (TPSA) is 282 Å². The molecule has 4 aromatic rings. The number of nitrogens with two attached hydrogens (primary N) is 2. The van der Waals surface area contributed by atoms with Gasteiger partial charge in [-0.1, -0.05) is 72.9 Å². The molecule has 636 valence electrons. The van der Waals surface area contributed by atoms with Crippen molar-refractivity contribution in [3.63, 3.8) is 0 Å². The van der Waals surface area contributed by atoms with Crippen LogP contribution >= 0.6 is 23.2 Å². The van der Waals surface area contributed by atoms with Crippen LogP contribution in [0.5, 0.6) is 0 Å². The van der Waals surface area contributed by atoms with E-state index in [-0.39, 0.29) is 96.3 Å². The first kappa shape index (κ1) is 88.3. The van der Waals surface area contributed by atoms with Crippen molar-refractivity contribution >= 4 is 94.0 Å². The summed E-state index contributed by atoms with van der Waals surface area (Å²) < 4.78 is 105.